The van der Waals surface area contributed by atoms with E-state index < -0.39 is 40.6 Å². The second-order valence-electron chi connectivity index (χ2n) is 8.29. The van der Waals surface area contributed by atoms with Crippen molar-refractivity contribution in [3.05, 3.63) is 89.5 Å². The van der Waals surface area contributed by atoms with Crippen LogP contribution in [-0.4, -0.2) is 43.9 Å². The number of carbonyl (C=O) groups is 3. The lowest BCUT2D eigenvalue weighted by Gasteiger charge is -2.24. The second kappa shape index (κ2) is 10.7. The Morgan fingerprint density at radius 2 is 1.70 bits per heavy atom. The predicted octanol–water partition coefficient (Wildman–Crippen LogP) is 1.65. The molecule has 192 valence electrons. The molecule has 1 aliphatic heterocycles. The van der Waals surface area contributed by atoms with Crippen molar-refractivity contribution in [1.82, 2.24) is 5.32 Å². The molecule has 11 nitrogen and oxygen atoms in total. The number of amides is 2. The largest absolute Gasteiger partial charge is 0.487 e. The van der Waals surface area contributed by atoms with Gasteiger partial charge in [0, 0.05) is 6.42 Å². The zero-order chi connectivity index (χ0) is 26.6. The molecule has 0 saturated heterocycles. The number of nitrogens with zero attached hydrogens (tertiary/aromatic N) is 1. The van der Waals surface area contributed by atoms with E-state index in [9.17, 15) is 27.9 Å². The minimum absolute atomic E-state index is 0.0419. The third-order valence-corrected chi connectivity index (χ3v) is 6.55. The Morgan fingerprint density at radius 1 is 1.00 bits per heavy atom. The number of ether oxygens (including phenoxy) is 1. The molecule has 2 amide bonds. The van der Waals surface area contributed by atoms with Gasteiger partial charge in [-0.3, -0.25) is 14.4 Å². The Kier molecular flexibility index (Phi) is 7.41. The van der Waals surface area contributed by atoms with Gasteiger partial charge in [0.15, 0.2) is 0 Å². The fourth-order valence-corrected chi connectivity index (χ4v) is 4.58. The van der Waals surface area contributed by atoms with Crippen molar-refractivity contribution in [1.29, 1.82) is 0 Å². The van der Waals surface area contributed by atoms with Gasteiger partial charge in [0.25, 0.3) is 16.1 Å². The van der Waals surface area contributed by atoms with Crippen molar-refractivity contribution < 1.29 is 32.6 Å². The smallest absolute Gasteiger partial charge is 0.324 e. The minimum atomic E-state index is -4.46. The van der Waals surface area contributed by atoms with E-state index >= 15 is 0 Å². The molecule has 1 aliphatic rings. The average Bonchev–Trinajstić information content (AvgIpc) is 2.97. The lowest BCUT2D eigenvalue weighted by atomic mass is 10.0. The zero-order valence-electron chi connectivity index (χ0n) is 19.5. The molecule has 0 aliphatic carbocycles. The highest BCUT2D eigenvalue weighted by Crippen LogP contribution is 2.32. The van der Waals surface area contributed by atoms with Crippen LogP contribution in [0, 0.1) is 0 Å². The number of carboxylic acid groups (broad SMARTS) is 1. The molecular weight excluding hydrogens is 500 g/mol. The summed E-state index contributed by atoms with van der Waals surface area (Å²) in [7, 11) is -4.46. The van der Waals surface area contributed by atoms with Crippen LogP contribution in [0.25, 0.3) is 0 Å². The quantitative estimate of drug-likeness (QED) is 0.330. The van der Waals surface area contributed by atoms with Crippen molar-refractivity contribution in [2.75, 3.05) is 16.2 Å². The van der Waals surface area contributed by atoms with E-state index in [-0.39, 0.29) is 24.5 Å². The molecule has 1 heterocycles. The van der Waals surface area contributed by atoms with Gasteiger partial charge in [0.1, 0.15) is 24.9 Å². The predicted molar refractivity (Wildman–Crippen MR) is 135 cm³/mol. The van der Waals surface area contributed by atoms with Crippen molar-refractivity contribution >= 4 is 39.4 Å². The number of para-hydroxylation sites is 1. The maximum absolute atomic E-state index is 12.8. The number of nitrogens with one attached hydrogen (secondary N) is 2. The fraction of sp³-hybridized carbons (Fsp3) is 0.160. The van der Waals surface area contributed by atoms with Crippen LogP contribution in [-0.2, 0) is 32.8 Å². The van der Waals surface area contributed by atoms with Crippen LogP contribution in [0.3, 0.4) is 0 Å². The van der Waals surface area contributed by atoms with Crippen LogP contribution in [0.4, 0.5) is 11.4 Å². The molecule has 0 bridgehead atoms. The van der Waals surface area contributed by atoms with E-state index in [1.165, 1.54) is 18.2 Å². The molecule has 0 radical (unpaired) electrons. The highest BCUT2D eigenvalue weighted by Gasteiger charge is 2.29. The number of rotatable bonds is 9. The Bertz CT molecular complexity index is 1440. The molecular formula is C25H24N4O7S. The summed E-state index contributed by atoms with van der Waals surface area (Å²) in [5, 5.41) is 20.0. The van der Waals surface area contributed by atoms with Gasteiger partial charge in [-0.25, -0.2) is 9.44 Å². The fourth-order valence-electron chi connectivity index (χ4n) is 3.87. The lowest BCUT2D eigenvalue weighted by Crippen LogP contribution is -2.42. The van der Waals surface area contributed by atoms with Gasteiger partial charge in [-0.05, 0) is 35.4 Å². The van der Waals surface area contributed by atoms with E-state index in [2.05, 4.69) is 10.6 Å². The van der Waals surface area contributed by atoms with Gasteiger partial charge in [-0.15, -0.1) is 0 Å². The standard InChI is InChI=1S/C25H24N4O7S/c26-37(34,35)29(14-23(30)31)21-11-10-17(13-22(21)36-15-16-6-2-1-3-7-16)12-20-25(33)27-19-9-5-4-8-18(19)24(32)28-20/h1-11,13,20H,12,14-15H2,(H,27,33)(H,28,32)(H,30,31)(H2,26,34,35). The summed E-state index contributed by atoms with van der Waals surface area (Å²) in [5.41, 5.74) is 1.96. The average molecular weight is 525 g/mol. The summed E-state index contributed by atoms with van der Waals surface area (Å²) in [6.07, 6.45) is 0.0574. The maximum Gasteiger partial charge on any atom is 0.324 e. The van der Waals surface area contributed by atoms with E-state index in [1.807, 2.05) is 18.2 Å². The molecule has 0 saturated carbocycles. The van der Waals surface area contributed by atoms with E-state index in [0.717, 1.165) is 5.56 Å². The first-order chi connectivity index (χ1) is 17.6. The summed E-state index contributed by atoms with van der Waals surface area (Å²) in [5.74, 6) is -2.21. The van der Waals surface area contributed by atoms with Gasteiger partial charge in [-0.2, -0.15) is 8.42 Å². The Hall–Kier alpha value is -4.42. The lowest BCUT2D eigenvalue weighted by molar-refractivity contribution is -0.135. The third kappa shape index (κ3) is 6.23. The molecule has 0 fully saturated rings. The molecule has 5 N–H and O–H groups in total. The minimum Gasteiger partial charge on any atom is -0.487 e. The van der Waals surface area contributed by atoms with Crippen LogP contribution in [0.5, 0.6) is 5.75 Å². The number of carboxylic acids is 1. The van der Waals surface area contributed by atoms with Crippen molar-refractivity contribution in [2.24, 2.45) is 5.14 Å². The monoisotopic (exact) mass is 524 g/mol. The number of carbonyl (C=O) groups excluding carboxylic acids is 2. The first-order valence-corrected chi connectivity index (χ1v) is 12.6. The number of benzene rings is 3. The van der Waals surface area contributed by atoms with Crippen LogP contribution < -0.4 is 24.8 Å². The van der Waals surface area contributed by atoms with Crippen LogP contribution in [0.15, 0.2) is 72.8 Å². The first-order valence-electron chi connectivity index (χ1n) is 11.1. The molecule has 37 heavy (non-hydrogen) atoms. The third-order valence-electron chi connectivity index (χ3n) is 5.61. The molecule has 0 aromatic heterocycles. The van der Waals surface area contributed by atoms with E-state index in [4.69, 9.17) is 9.88 Å². The van der Waals surface area contributed by atoms with E-state index in [1.54, 1.807) is 36.4 Å². The van der Waals surface area contributed by atoms with Crippen molar-refractivity contribution in [3.8, 4) is 5.75 Å². The topological polar surface area (TPSA) is 168 Å². The van der Waals surface area contributed by atoms with Crippen LogP contribution in [0.2, 0.25) is 0 Å². The molecule has 4 rings (SSSR count). The molecule has 3 aromatic carbocycles. The summed E-state index contributed by atoms with van der Waals surface area (Å²) in [4.78, 5) is 36.8. The maximum atomic E-state index is 12.8. The summed E-state index contributed by atoms with van der Waals surface area (Å²) < 4.78 is 30.8. The number of fused-ring (bicyclic) bond motifs is 1. The Balaban J connectivity index is 1.66. The van der Waals surface area contributed by atoms with Crippen molar-refractivity contribution in [3.63, 3.8) is 0 Å². The number of anilines is 2. The number of hydrogen-bond acceptors (Lipinski definition) is 6. The van der Waals surface area contributed by atoms with Gasteiger partial charge in [-0.1, -0.05) is 48.5 Å². The van der Waals surface area contributed by atoms with Gasteiger partial charge in [0.2, 0.25) is 5.91 Å². The molecule has 12 heteroatoms. The summed E-state index contributed by atoms with van der Waals surface area (Å²) in [6, 6.07) is 19.1. The number of hydrogen-bond donors (Lipinski definition) is 4. The molecule has 3 aromatic rings. The van der Waals surface area contributed by atoms with Crippen molar-refractivity contribution in [2.45, 2.75) is 19.1 Å². The number of aliphatic carboxylic acids is 1. The summed E-state index contributed by atoms with van der Waals surface area (Å²) in [6.45, 7) is -0.863. The normalized spacial score (nSPS) is 15.1. The van der Waals surface area contributed by atoms with Crippen LogP contribution >= 0.6 is 0 Å². The molecule has 0 spiro atoms. The molecule has 1 atom stereocenters. The second-order valence-corrected chi connectivity index (χ2v) is 9.76. The Morgan fingerprint density at radius 3 is 2.41 bits per heavy atom. The summed E-state index contributed by atoms with van der Waals surface area (Å²) >= 11 is 0. The first kappa shape index (κ1) is 25.7. The Labute approximate surface area is 213 Å². The molecule has 1 unspecified atom stereocenters. The van der Waals surface area contributed by atoms with E-state index in [0.29, 0.717) is 21.1 Å². The SMILES string of the molecule is NS(=O)(=O)N(CC(=O)O)c1ccc(CC2NC(=O)c3ccccc3NC2=O)cc1OCc1ccccc1. The van der Waals surface area contributed by atoms with Crippen LogP contribution in [0.1, 0.15) is 21.5 Å². The highest BCUT2D eigenvalue weighted by molar-refractivity contribution is 7.90. The highest BCUT2D eigenvalue weighted by atomic mass is 32.2. The van der Waals surface area contributed by atoms with Gasteiger partial charge < -0.3 is 20.5 Å². The number of nitrogens with two attached hydrogens (primary N) is 1. The zero-order valence-corrected chi connectivity index (χ0v) is 20.3. The van der Waals surface area contributed by atoms with Gasteiger partial charge in [0.05, 0.1) is 16.9 Å². The van der Waals surface area contributed by atoms with Gasteiger partial charge >= 0.3 is 5.97 Å².